The zero-order valence-corrected chi connectivity index (χ0v) is 7.30. The van der Waals surface area contributed by atoms with Crippen LogP contribution in [-0.4, -0.2) is 21.7 Å². The molecule has 64 valence electrons. The summed E-state index contributed by atoms with van der Waals surface area (Å²) >= 11 is 1.44. The highest BCUT2D eigenvalue weighted by atomic mass is 32.2. The Morgan fingerprint density at radius 3 is 3.00 bits per heavy atom. The maximum absolute atomic E-state index is 10.3. The van der Waals surface area contributed by atoms with Crippen LogP contribution in [-0.2, 0) is 0 Å². The van der Waals surface area contributed by atoms with Crippen molar-refractivity contribution in [1.29, 1.82) is 0 Å². The topological polar surface area (TPSA) is 65.9 Å². The first-order valence-corrected chi connectivity index (χ1v) is 4.38. The lowest BCUT2D eigenvalue weighted by molar-refractivity contribution is -0.255. The molecule has 0 radical (unpaired) electrons. The monoisotopic (exact) mass is 183 g/mol. The minimum atomic E-state index is -1.29. The van der Waals surface area contributed by atoms with Crippen LogP contribution >= 0.6 is 11.8 Å². The van der Waals surface area contributed by atoms with E-state index in [1.165, 1.54) is 24.2 Å². The average molecular weight is 183 g/mol. The minimum Gasteiger partial charge on any atom is -0.543 e. The van der Waals surface area contributed by atoms with E-state index in [-0.39, 0.29) is 5.69 Å². The predicted octanol–water partition coefficient (Wildman–Crippen LogP) is -0.0479. The van der Waals surface area contributed by atoms with Gasteiger partial charge in [0.15, 0.2) is 0 Å². The Morgan fingerprint density at radius 1 is 1.67 bits per heavy atom. The molecule has 0 saturated carbocycles. The highest BCUT2D eigenvalue weighted by molar-refractivity contribution is 7.99. The second-order valence-corrected chi connectivity index (χ2v) is 3.25. The number of aromatic carboxylic acids is 1. The third-order valence-corrected chi connectivity index (χ3v) is 1.89. The summed E-state index contributed by atoms with van der Waals surface area (Å²) < 4.78 is 0. The van der Waals surface area contributed by atoms with Crippen molar-refractivity contribution in [2.75, 3.05) is 5.75 Å². The molecule has 0 spiro atoms. The van der Waals surface area contributed by atoms with Crippen LogP contribution in [0.25, 0.3) is 0 Å². The molecule has 12 heavy (non-hydrogen) atoms. The minimum absolute atomic E-state index is 0.117. The van der Waals surface area contributed by atoms with Crippen LogP contribution in [0, 0.1) is 0 Å². The number of hydrogen-bond acceptors (Lipinski definition) is 5. The van der Waals surface area contributed by atoms with Gasteiger partial charge >= 0.3 is 0 Å². The number of thioether (sulfide) groups is 1. The Hall–Kier alpha value is -1.10. The maximum atomic E-state index is 10.3. The molecule has 0 saturated heterocycles. The van der Waals surface area contributed by atoms with E-state index < -0.39 is 5.97 Å². The summed E-state index contributed by atoms with van der Waals surface area (Å²) in [7, 11) is 0. The van der Waals surface area contributed by atoms with Gasteiger partial charge in [0.25, 0.3) is 0 Å². The lowest BCUT2D eigenvalue weighted by atomic mass is 10.5. The average Bonchev–Trinajstić information content (AvgIpc) is 2.05. The van der Waals surface area contributed by atoms with Crippen LogP contribution in [0.5, 0.6) is 0 Å². The fourth-order valence-electron chi connectivity index (χ4n) is 0.664. The Kier molecular flexibility index (Phi) is 3.04. The van der Waals surface area contributed by atoms with E-state index in [9.17, 15) is 9.90 Å². The molecule has 1 aromatic rings. The molecule has 0 aliphatic carbocycles. The molecule has 0 aliphatic rings. The summed E-state index contributed by atoms with van der Waals surface area (Å²) in [5.41, 5.74) is -0.117. The summed E-state index contributed by atoms with van der Waals surface area (Å²) in [5, 5.41) is 10.9. The molecule has 0 amide bonds. The molecule has 0 atom stereocenters. The lowest BCUT2D eigenvalue weighted by Gasteiger charge is -2.01. The number of nitrogens with zero attached hydrogens (tertiary/aromatic N) is 2. The van der Waals surface area contributed by atoms with Crippen molar-refractivity contribution in [2.24, 2.45) is 0 Å². The number of aromatic nitrogens is 2. The summed E-state index contributed by atoms with van der Waals surface area (Å²) in [6, 6.07) is 0. The molecule has 0 unspecified atom stereocenters. The Morgan fingerprint density at radius 2 is 2.42 bits per heavy atom. The van der Waals surface area contributed by atoms with E-state index in [0.717, 1.165) is 5.75 Å². The first-order chi connectivity index (χ1) is 5.74. The number of carbonyl (C=O) groups is 1. The summed E-state index contributed by atoms with van der Waals surface area (Å²) in [6.45, 7) is 1.96. The normalized spacial score (nSPS) is 9.75. The third kappa shape index (κ3) is 2.20. The molecule has 0 bridgehead atoms. The van der Waals surface area contributed by atoms with Gasteiger partial charge in [0.1, 0.15) is 10.7 Å². The van der Waals surface area contributed by atoms with E-state index in [1.54, 1.807) is 0 Å². The molecule has 0 aromatic carbocycles. The maximum Gasteiger partial charge on any atom is 0.115 e. The van der Waals surface area contributed by atoms with Crippen molar-refractivity contribution in [3.63, 3.8) is 0 Å². The van der Waals surface area contributed by atoms with Gasteiger partial charge in [-0.25, -0.2) is 4.98 Å². The van der Waals surface area contributed by atoms with E-state index >= 15 is 0 Å². The molecular formula is C7H7N2O2S-. The van der Waals surface area contributed by atoms with Crippen molar-refractivity contribution < 1.29 is 9.90 Å². The van der Waals surface area contributed by atoms with Crippen LogP contribution < -0.4 is 5.11 Å². The molecule has 0 fully saturated rings. The second-order valence-electron chi connectivity index (χ2n) is 1.96. The quantitative estimate of drug-likeness (QED) is 0.615. The van der Waals surface area contributed by atoms with Gasteiger partial charge < -0.3 is 9.90 Å². The number of carbonyl (C=O) groups excluding carboxylic acids is 1. The zero-order valence-electron chi connectivity index (χ0n) is 6.48. The Balaban J connectivity index is 2.88. The van der Waals surface area contributed by atoms with Gasteiger partial charge in [0, 0.05) is 0 Å². The van der Waals surface area contributed by atoms with E-state index in [1.807, 2.05) is 6.92 Å². The van der Waals surface area contributed by atoms with Crippen molar-refractivity contribution in [3.8, 4) is 0 Å². The van der Waals surface area contributed by atoms with Crippen molar-refractivity contribution in [2.45, 2.75) is 11.9 Å². The van der Waals surface area contributed by atoms with Gasteiger partial charge in [0.2, 0.25) is 0 Å². The van der Waals surface area contributed by atoms with E-state index in [0.29, 0.717) is 5.03 Å². The lowest BCUT2D eigenvalue weighted by Crippen LogP contribution is -2.23. The first kappa shape index (κ1) is 8.99. The van der Waals surface area contributed by atoms with Crippen molar-refractivity contribution in [1.82, 2.24) is 9.97 Å². The van der Waals surface area contributed by atoms with Crippen LogP contribution in [0.15, 0.2) is 17.4 Å². The SMILES string of the molecule is CCSc1cncc(C(=O)[O-])n1. The van der Waals surface area contributed by atoms with E-state index in [2.05, 4.69) is 9.97 Å². The molecule has 1 heterocycles. The number of rotatable bonds is 3. The largest absolute Gasteiger partial charge is 0.543 e. The van der Waals surface area contributed by atoms with Crippen LogP contribution in [0.4, 0.5) is 0 Å². The second kappa shape index (κ2) is 4.06. The van der Waals surface area contributed by atoms with Crippen LogP contribution in [0.3, 0.4) is 0 Å². The smallest absolute Gasteiger partial charge is 0.115 e. The molecular weight excluding hydrogens is 176 g/mol. The van der Waals surface area contributed by atoms with Gasteiger partial charge in [-0.1, -0.05) is 6.92 Å². The number of hydrogen-bond donors (Lipinski definition) is 0. The van der Waals surface area contributed by atoms with Gasteiger partial charge in [0.05, 0.1) is 18.4 Å². The molecule has 5 heteroatoms. The standard InChI is InChI=1S/C7H8N2O2S/c1-2-12-6-4-8-3-5(9-6)7(10)11/h3-4H,2H2,1H3,(H,10,11)/p-1. The van der Waals surface area contributed by atoms with E-state index in [4.69, 9.17) is 0 Å². The predicted molar refractivity (Wildman–Crippen MR) is 42.8 cm³/mol. The van der Waals surface area contributed by atoms with Gasteiger partial charge in [-0.05, 0) is 5.75 Å². The summed E-state index contributed by atoms with van der Waals surface area (Å²) in [4.78, 5) is 17.9. The summed E-state index contributed by atoms with van der Waals surface area (Å²) in [5.74, 6) is -0.452. The summed E-state index contributed by atoms with van der Waals surface area (Å²) in [6.07, 6.45) is 2.70. The number of carboxylic acid groups (broad SMARTS) is 1. The molecule has 0 aliphatic heterocycles. The van der Waals surface area contributed by atoms with Gasteiger partial charge in [-0.3, -0.25) is 4.98 Å². The van der Waals surface area contributed by atoms with Crippen LogP contribution in [0.2, 0.25) is 0 Å². The van der Waals surface area contributed by atoms with Gasteiger partial charge in [-0.15, -0.1) is 11.8 Å². The fourth-order valence-corrected chi connectivity index (χ4v) is 1.26. The molecule has 1 aromatic heterocycles. The number of carboxylic acids is 1. The molecule has 4 nitrogen and oxygen atoms in total. The fraction of sp³-hybridized carbons (Fsp3) is 0.286. The zero-order chi connectivity index (χ0) is 8.97. The molecule has 1 rings (SSSR count). The Bertz CT molecular complexity index is 290. The van der Waals surface area contributed by atoms with Crippen molar-refractivity contribution >= 4 is 17.7 Å². The van der Waals surface area contributed by atoms with Crippen molar-refractivity contribution in [3.05, 3.63) is 18.1 Å². The first-order valence-electron chi connectivity index (χ1n) is 3.40. The Labute approximate surface area is 74.0 Å². The highest BCUT2D eigenvalue weighted by Gasteiger charge is 1.98. The third-order valence-electron chi connectivity index (χ3n) is 1.11. The van der Waals surface area contributed by atoms with Gasteiger partial charge in [-0.2, -0.15) is 0 Å². The highest BCUT2D eigenvalue weighted by Crippen LogP contribution is 2.12. The molecule has 0 N–H and O–H groups in total. The van der Waals surface area contributed by atoms with Crippen LogP contribution in [0.1, 0.15) is 17.4 Å².